The second-order valence-electron chi connectivity index (χ2n) is 6.37. The van der Waals surface area contributed by atoms with Crippen LogP contribution in [0.25, 0.3) is 0 Å². The van der Waals surface area contributed by atoms with Gasteiger partial charge >= 0.3 is 0 Å². The van der Waals surface area contributed by atoms with Crippen molar-refractivity contribution >= 4 is 0 Å². The number of nitrogens with two attached hydrogens (primary N) is 1. The highest BCUT2D eigenvalue weighted by atomic mass is 16.5. The summed E-state index contributed by atoms with van der Waals surface area (Å²) >= 11 is 0. The normalized spacial score (nSPS) is 18.4. The van der Waals surface area contributed by atoms with E-state index in [0.717, 1.165) is 12.3 Å². The summed E-state index contributed by atoms with van der Waals surface area (Å²) in [6, 6.07) is 9.30. The largest absolute Gasteiger partial charge is 0.496 e. The van der Waals surface area contributed by atoms with Crippen molar-refractivity contribution in [1.82, 2.24) is 4.90 Å². The van der Waals surface area contributed by atoms with Gasteiger partial charge in [0.1, 0.15) is 5.75 Å². The van der Waals surface area contributed by atoms with Crippen molar-refractivity contribution in [2.45, 2.75) is 51.7 Å². The van der Waals surface area contributed by atoms with Crippen molar-refractivity contribution in [1.29, 1.82) is 0 Å². The van der Waals surface area contributed by atoms with Gasteiger partial charge in [-0.2, -0.15) is 0 Å². The number of ether oxygens (including phenoxy) is 1. The van der Waals surface area contributed by atoms with Crippen LogP contribution in [0.4, 0.5) is 0 Å². The molecule has 1 aliphatic rings. The predicted molar refractivity (Wildman–Crippen MR) is 84.0 cm³/mol. The fourth-order valence-electron chi connectivity index (χ4n) is 2.99. The predicted octanol–water partition coefficient (Wildman–Crippen LogP) is 3.20. The summed E-state index contributed by atoms with van der Waals surface area (Å²) in [5.41, 5.74) is 7.56. The molecule has 2 N–H and O–H groups in total. The van der Waals surface area contributed by atoms with Gasteiger partial charge in [-0.1, -0.05) is 32.0 Å². The fourth-order valence-corrected chi connectivity index (χ4v) is 2.99. The molecular weight excluding hydrogens is 248 g/mol. The van der Waals surface area contributed by atoms with Crippen molar-refractivity contribution in [2.75, 3.05) is 13.7 Å². The summed E-state index contributed by atoms with van der Waals surface area (Å²) in [7, 11) is 1.74. The first-order valence-electron chi connectivity index (χ1n) is 7.68. The minimum atomic E-state index is 0.0886. The van der Waals surface area contributed by atoms with E-state index in [1.165, 1.54) is 18.4 Å². The lowest BCUT2D eigenvalue weighted by Crippen LogP contribution is -2.42. The molecule has 20 heavy (non-hydrogen) atoms. The van der Waals surface area contributed by atoms with Gasteiger partial charge in [0.2, 0.25) is 0 Å². The Labute approximate surface area is 123 Å². The molecule has 0 radical (unpaired) electrons. The van der Waals surface area contributed by atoms with Gasteiger partial charge in [-0.3, -0.25) is 4.90 Å². The molecule has 1 aliphatic carbocycles. The molecule has 1 fully saturated rings. The van der Waals surface area contributed by atoms with Gasteiger partial charge in [0.15, 0.2) is 0 Å². The van der Waals surface area contributed by atoms with Gasteiger partial charge in [0.05, 0.1) is 13.2 Å². The number of rotatable bonds is 7. The molecule has 2 unspecified atom stereocenters. The molecule has 2 atom stereocenters. The Kier molecular flexibility index (Phi) is 5.06. The maximum atomic E-state index is 6.34. The molecule has 3 nitrogen and oxygen atoms in total. The van der Waals surface area contributed by atoms with E-state index in [1.54, 1.807) is 7.11 Å². The quantitative estimate of drug-likeness (QED) is 0.831. The van der Waals surface area contributed by atoms with Crippen LogP contribution in [-0.2, 0) is 0 Å². The number of benzene rings is 1. The summed E-state index contributed by atoms with van der Waals surface area (Å²) < 4.78 is 5.55. The summed E-state index contributed by atoms with van der Waals surface area (Å²) in [4.78, 5) is 2.59. The highest BCUT2D eigenvalue weighted by Gasteiger charge is 2.37. The third kappa shape index (κ3) is 3.53. The van der Waals surface area contributed by atoms with E-state index in [9.17, 15) is 0 Å². The van der Waals surface area contributed by atoms with Crippen molar-refractivity contribution in [3.05, 3.63) is 29.8 Å². The average molecular weight is 276 g/mol. The van der Waals surface area contributed by atoms with E-state index in [2.05, 4.69) is 37.8 Å². The molecule has 1 aromatic rings. The summed E-state index contributed by atoms with van der Waals surface area (Å²) in [6.45, 7) is 7.74. The second kappa shape index (κ2) is 6.59. The second-order valence-corrected chi connectivity index (χ2v) is 6.37. The Hall–Kier alpha value is -1.06. The lowest BCUT2D eigenvalue weighted by molar-refractivity contribution is 0.145. The number of hydrogen-bond donors (Lipinski definition) is 1. The molecule has 0 spiro atoms. The van der Waals surface area contributed by atoms with Crippen molar-refractivity contribution in [2.24, 2.45) is 11.7 Å². The zero-order valence-electron chi connectivity index (χ0n) is 13.2. The zero-order chi connectivity index (χ0) is 14.7. The molecule has 3 heteroatoms. The summed E-state index contributed by atoms with van der Waals surface area (Å²) in [5.74, 6) is 1.59. The Morgan fingerprint density at radius 2 is 1.90 bits per heavy atom. The SMILES string of the molecule is COc1ccccc1C(C(C)N)N(CC(C)C)C1CC1. The van der Waals surface area contributed by atoms with Gasteiger partial charge in [0.25, 0.3) is 0 Å². The molecule has 0 aromatic heterocycles. The van der Waals surface area contributed by atoms with Gasteiger partial charge < -0.3 is 10.5 Å². The van der Waals surface area contributed by atoms with Crippen LogP contribution in [0.15, 0.2) is 24.3 Å². The lowest BCUT2D eigenvalue weighted by atomic mass is 9.96. The standard InChI is InChI=1S/C17H28N2O/c1-12(2)11-19(14-9-10-14)17(13(3)18)15-7-5-6-8-16(15)20-4/h5-8,12-14,17H,9-11,18H2,1-4H3. The van der Waals surface area contributed by atoms with Crippen LogP contribution in [-0.4, -0.2) is 30.6 Å². The van der Waals surface area contributed by atoms with E-state index in [4.69, 9.17) is 10.5 Å². The monoisotopic (exact) mass is 276 g/mol. The third-order valence-corrected chi connectivity index (χ3v) is 3.90. The molecule has 2 rings (SSSR count). The first-order chi connectivity index (χ1) is 9.54. The zero-order valence-corrected chi connectivity index (χ0v) is 13.2. The number of para-hydroxylation sites is 1. The molecule has 0 bridgehead atoms. The smallest absolute Gasteiger partial charge is 0.123 e. The van der Waals surface area contributed by atoms with Crippen LogP contribution >= 0.6 is 0 Å². The van der Waals surface area contributed by atoms with Crippen LogP contribution < -0.4 is 10.5 Å². The Bertz CT molecular complexity index is 427. The molecule has 1 saturated carbocycles. The van der Waals surface area contributed by atoms with Crippen molar-refractivity contribution < 1.29 is 4.74 Å². The van der Waals surface area contributed by atoms with Crippen LogP contribution in [0.2, 0.25) is 0 Å². The van der Waals surface area contributed by atoms with Gasteiger partial charge in [-0.15, -0.1) is 0 Å². The molecule has 0 amide bonds. The van der Waals surface area contributed by atoms with Crippen LogP contribution in [0.1, 0.15) is 45.2 Å². The number of nitrogens with zero attached hydrogens (tertiary/aromatic N) is 1. The average Bonchev–Trinajstić information content (AvgIpc) is 3.22. The third-order valence-electron chi connectivity index (χ3n) is 3.90. The molecule has 0 heterocycles. The van der Waals surface area contributed by atoms with Gasteiger partial charge in [0, 0.05) is 24.2 Å². The van der Waals surface area contributed by atoms with E-state index in [0.29, 0.717) is 12.0 Å². The maximum absolute atomic E-state index is 6.34. The van der Waals surface area contributed by atoms with E-state index < -0.39 is 0 Å². The highest BCUT2D eigenvalue weighted by molar-refractivity contribution is 5.37. The van der Waals surface area contributed by atoms with Crippen LogP contribution in [0.5, 0.6) is 5.75 Å². The minimum Gasteiger partial charge on any atom is -0.496 e. The Balaban J connectivity index is 2.33. The van der Waals surface area contributed by atoms with Crippen LogP contribution in [0, 0.1) is 5.92 Å². The fraction of sp³-hybridized carbons (Fsp3) is 0.647. The molecule has 0 aliphatic heterocycles. The summed E-state index contributed by atoms with van der Waals surface area (Å²) in [5, 5.41) is 0. The molecule has 0 saturated heterocycles. The first kappa shape index (κ1) is 15.3. The van der Waals surface area contributed by atoms with Crippen molar-refractivity contribution in [3.8, 4) is 5.75 Å². The molecule has 1 aromatic carbocycles. The molecular formula is C17H28N2O. The van der Waals surface area contributed by atoms with Gasteiger partial charge in [-0.25, -0.2) is 0 Å². The Morgan fingerprint density at radius 1 is 1.25 bits per heavy atom. The Morgan fingerprint density at radius 3 is 2.40 bits per heavy atom. The minimum absolute atomic E-state index is 0.0886. The van der Waals surface area contributed by atoms with E-state index in [1.807, 2.05) is 12.1 Å². The number of methoxy groups -OCH3 is 1. The van der Waals surface area contributed by atoms with E-state index in [-0.39, 0.29) is 12.1 Å². The lowest BCUT2D eigenvalue weighted by Gasteiger charge is -2.36. The maximum Gasteiger partial charge on any atom is 0.123 e. The van der Waals surface area contributed by atoms with E-state index >= 15 is 0 Å². The molecule has 112 valence electrons. The van der Waals surface area contributed by atoms with Crippen molar-refractivity contribution in [3.63, 3.8) is 0 Å². The summed E-state index contributed by atoms with van der Waals surface area (Å²) in [6.07, 6.45) is 2.59. The van der Waals surface area contributed by atoms with Crippen LogP contribution in [0.3, 0.4) is 0 Å². The van der Waals surface area contributed by atoms with Gasteiger partial charge in [-0.05, 0) is 31.7 Å². The highest BCUT2D eigenvalue weighted by Crippen LogP contribution is 2.39. The first-order valence-corrected chi connectivity index (χ1v) is 7.68. The topological polar surface area (TPSA) is 38.5 Å². The number of hydrogen-bond acceptors (Lipinski definition) is 3.